The smallest absolute Gasteiger partial charge is 0.101 e. The van der Waals surface area contributed by atoms with Gasteiger partial charge in [0.25, 0.3) is 0 Å². The number of hydrogen-bond donors (Lipinski definition) is 1. The fraction of sp³-hybridized carbons (Fsp3) is 0.182. The molecular weight excluding hydrogens is 210 g/mol. The minimum Gasteiger partial charge on any atom is -0.386 e. The molecule has 0 heterocycles. The molecule has 0 aromatic heterocycles. The molecule has 0 amide bonds. The molecule has 0 bridgehead atoms. The average Bonchev–Trinajstić information content (AvgIpc) is 2.27. The Hall–Kier alpha value is -1.66. The quantitative estimate of drug-likeness (QED) is 0.853. The third-order valence-corrected chi connectivity index (χ3v) is 2.44. The number of nitriles is 1. The van der Waals surface area contributed by atoms with Crippen LogP contribution < -0.4 is 10.2 Å². The molecule has 1 rings (SSSR count). The molecule has 0 aliphatic heterocycles. The van der Waals surface area contributed by atoms with Gasteiger partial charge in [0.05, 0.1) is 22.0 Å². The molecule has 4 heteroatoms. The molecule has 0 atom stereocenters. The summed E-state index contributed by atoms with van der Waals surface area (Å²) in [6.07, 6.45) is 1.68. The summed E-state index contributed by atoms with van der Waals surface area (Å²) in [7, 11) is 3.66. The Morgan fingerprint density at radius 2 is 2.27 bits per heavy atom. The fourth-order valence-corrected chi connectivity index (χ4v) is 1.44. The van der Waals surface area contributed by atoms with E-state index in [4.69, 9.17) is 16.9 Å². The molecule has 0 radical (unpaired) electrons. The van der Waals surface area contributed by atoms with Gasteiger partial charge in [-0.1, -0.05) is 18.2 Å². The largest absolute Gasteiger partial charge is 0.386 e. The predicted octanol–water partition coefficient (Wildman–Crippen LogP) is 2.83. The van der Waals surface area contributed by atoms with E-state index in [2.05, 4.69) is 11.9 Å². The molecular formula is C11H12ClN3. The average molecular weight is 222 g/mol. The van der Waals surface area contributed by atoms with Crippen LogP contribution >= 0.6 is 11.6 Å². The van der Waals surface area contributed by atoms with Gasteiger partial charge in [0, 0.05) is 14.1 Å². The summed E-state index contributed by atoms with van der Waals surface area (Å²) in [5.74, 6) is 0. The van der Waals surface area contributed by atoms with E-state index in [1.54, 1.807) is 25.4 Å². The first kappa shape index (κ1) is 11.4. The molecule has 15 heavy (non-hydrogen) atoms. The van der Waals surface area contributed by atoms with E-state index in [1.807, 2.05) is 18.0 Å². The lowest BCUT2D eigenvalue weighted by Gasteiger charge is -2.18. The van der Waals surface area contributed by atoms with Crippen LogP contribution in [0.3, 0.4) is 0 Å². The first-order valence-electron chi connectivity index (χ1n) is 4.40. The highest BCUT2D eigenvalue weighted by atomic mass is 35.5. The monoisotopic (exact) mass is 221 g/mol. The van der Waals surface area contributed by atoms with E-state index >= 15 is 0 Å². The molecule has 3 nitrogen and oxygen atoms in total. The third-order valence-electron chi connectivity index (χ3n) is 2.13. The molecule has 0 spiro atoms. The van der Waals surface area contributed by atoms with Gasteiger partial charge in [-0.25, -0.2) is 0 Å². The maximum Gasteiger partial charge on any atom is 0.101 e. The SMILES string of the molecule is C=CN(C)c1cc(Cl)c(C#N)cc1NC. The number of halogens is 1. The highest BCUT2D eigenvalue weighted by Gasteiger charge is 2.09. The lowest BCUT2D eigenvalue weighted by molar-refractivity contribution is 1.20. The van der Waals surface area contributed by atoms with Crippen molar-refractivity contribution in [1.29, 1.82) is 5.26 Å². The zero-order valence-corrected chi connectivity index (χ0v) is 9.47. The second-order valence-corrected chi connectivity index (χ2v) is 3.41. The Bertz CT molecular complexity index is 421. The van der Waals surface area contributed by atoms with Crippen LogP contribution in [0.2, 0.25) is 5.02 Å². The second-order valence-electron chi connectivity index (χ2n) is 3.00. The van der Waals surface area contributed by atoms with E-state index in [1.165, 1.54) is 0 Å². The van der Waals surface area contributed by atoms with Crippen molar-refractivity contribution in [2.24, 2.45) is 0 Å². The van der Waals surface area contributed by atoms with Gasteiger partial charge in [-0.2, -0.15) is 5.26 Å². The normalized spacial score (nSPS) is 9.20. The molecule has 0 saturated heterocycles. The highest BCUT2D eigenvalue weighted by Crippen LogP contribution is 2.31. The summed E-state index contributed by atoms with van der Waals surface area (Å²) in [6, 6.07) is 5.50. The van der Waals surface area contributed by atoms with Gasteiger partial charge in [0.2, 0.25) is 0 Å². The molecule has 1 aromatic rings. The van der Waals surface area contributed by atoms with Crippen molar-refractivity contribution < 1.29 is 0 Å². The van der Waals surface area contributed by atoms with Gasteiger partial charge >= 0.3 is 0 Å². The van der Waals surface area contributed by atoms with Crippen LogP contribution in [0, 0.1) is 11.3 Å². The minimum atomic E-state index is 0.445. The van der Waals surface area contributed by atoms with Crippen molar-refractivity contribution >= 4 is 23.0 Å². The highest BCUT2D eigenvalue weighted by molar-refractivity contribution is 6.32. The fourth-order valence-electron chi connectivity index (χ4n) is 1.24. The second kappa shape index (κ2) is 4.72. The summed E-state index contributed by atoms with van der Waals surface area (Å²) in [5, 5.41) is 12.3. The number of nitrogens with zero attached hydrogens (tertiary/aromatic N) is 2. The molecule has 0 unspecified atom stereocenters. The van der Waals surface area contributed by atoms with Crippen LogP contribution in [0.25, 0.3) is 0 Å². The standard InChI is InChI=1S/C11H12ClN3/c1-4-15(3)11-6-9(12)8(7-13)5-10(11)14-2/h4-6,14H,1H2,2-3H3. The minimum absolute atomic E-state index is 0.445. The van der Waals surface area contributed by atoms with Crippen LogP contribution in [0.1, 0.15) is 5.56 Å². The van der Waals surface area contributed by atoms with E-state index in [-0.39, 0.29) is 0 Å². The van der Waals surface area contributed by atoms with Crippen molar-refractivity contribution in [2.45, 2.75) is 0 Å². The van der Waals surface area contributed by atoms with E-state index in [0.717, 1.165) is 11.4 Å². The Morgan fingerprint density at radius 3 is 2.73 bits per heavy atom. The lowest BCUT2D eigenvalue weighted by atomic mass is 10.1. The van der Waals surface area contributed by atoms with Crippen LogP contribution in [0.5, 0.6) is 0 Å². The predicted molar refractivity (Wildman–Crippen MR) is 64.3 cm³/mol. The summed E-state index contributed by atoms with van der Waals surface area (Å²) in [6.45, 7) is 3.67. The van der Waals surface area contributed by atoms with Gasteiger partial charge in [-0.15, -0.1) is 0 Å². The number of anilines is 2. The van der Waals surface area contributed by atoms with Gasteiger partial charge in [0.1, 0.15) is 6.07 Å². The first-order chi connectivity index (χ1) is 7.13. The van der Waals surface area contributed by atoms with Gasteiger partial charge < -0.3 is 10.2 Å². The molecule has 1 N–H and O–H groups in total. The summed E-state index contributed by atoms with van der Waals surface area (Å²) in [4.78, 5) is 1.83. The van der Waals surface area contributed by atoms with Crippen molar-refractivity contribution in [3.63, 3.8) is 0 Å². The van der Waals surface area contributed by atoms with Crippen molar-refractivity contribution in [1.82, 2.24) is 0 Å². The van der Waals surface area contributed by atoms with Crippen LogP contribution in [-0.2, 0) is 0 Å². The summed E-state index contributed by atoms with van der Waals surface area (Å²) in [5.41, 5.74) is 2.19. The Balaban J connectivity index is 3.34. The Labute approximate surface area is 94.6 Å². The number of nitrogens with one attached hydrogen (secondary N) is 1. The molecule has 0 aliphatic rings. The number of benzene rings is 1. The molecule has 0 saturated carbocycles. The zero-order chi connectivity index (χ0) is 11.4. The molecule has 0 aliphatic carbocycles. The zero-order valence-electron chi connectivity index (χ0n) is 8.71. The van der Waals surface area contributed by atoms with Gasteiger partial charge in [0.15, 0.2) is 0 Å². The molecule has 78 valence electrons. The first-order valence-corrected chi connectivity index (χ1v) is 4.78. The van der Waals surface area contributed by atoms with Gasteiger partial charge in [-0.3, -0.25) is 0 Å². The number of rotatable bonds is 3. The maximum absolute atomic E-state index is 8.83. The van der Waals surface area contributed by atoms with E-state index < -0.39 is 0 Å². The van der Waals surface area contributed by atoms with Gasteiger partial charge in [-0.05, 0) is 18.3 Å². The third kappa shape index (κ3) is 2.23. The van der Waals surface area contributed by atoms with E-state index in [9.17, 15) is 0 Å². The van der Waals surface area contributed by atoms with Crippen molar-refractivity contribution in [2.75, 3.05) is 24.3 Å². The van der Waals surface area contributed by atoms with Crippen molar-refractivity contribution in [3.8, 4) is 6.07 Å². The summed E-state index contributed by atoms with van der Waals surface area (Å²) >= 11 is 5.95. The molecule has 1 aromatic carbocycles. The maximum atomic E-state index is 8.83. The Morgan fingerprint density at radius 1 is 1.60 bits per heavy atom. The number of hydrogen-bond acceptors (Lipinski definition) is 3. The lowest BCUT2D eigenvalue weighted by Crippen LogP contribution is -2.10. The van der Waals surface area contributed by atoms with Crippen LogP contribution in [-0.4, -0.2) is 14.1 Å². The van der Waals surface area contributed by atoms with Crippen molar-refractivity contribution in [3.05, 3.63) is 35.5 Å². The van der Waals surface area contributed by atoms with Crippen LogP contribution in [0.4, 0.5) is 11.4 Å². The van der Waals surface area contributed by atoms with E-state index in [0.29, 0.717) is 10.6 Å². The summed E-state index contributed by atoms with van der Waals surface area (Å²) < 4.78 is 0. The van der Waals surface area contributed by atoms with Crippen LogP contribution in [0.15, 0.2) is 24.9 Å². The molecule has 0 fully saturated rings. The Kier molecular flexibility index (Phi) is 3.59. The topological polar surface area (TPSA) is 39.1 Å².